The fourth-order valence-corrected chi connectivity index (χ4v) is 2.53. The first-order valence-corrected chi connectivity index (χ1v) is 8.42. The first kappa shape index (κ1) is 17.8. The van der Waals surface area contributed by atoms with Crippen molar-refractivity contribution in [2.45, 2.75) is 20.0 Å². The van der Waals surface area contributed by atoms with E-state index in [1.807, 2.05) is 44.2 Å². The van der Waals surface area contributed by atoms with E-state index in [9.17, 15) is 9.59 Å². The molecule has 0 unspecified atom stereocenters. The minimum Gasteiger partial charge on any atom is -0.486 e. The Morgan fingerprint density at radius 1 is 1.12 bits per heavy atom. The molecule has 1 N–H and O–H groups in total. The van der Waals surface area contributed by atoms with Crippen molar-refractivity contribution in [3.8, 4) is 11.5 Å². The summed E-state index contributed by atoms with van der Waals surface area (Å²) in [7, 11) is 0. The molecule has 26 heavy (non-hydrogen) atoms. The van der Waals surface area contributed by atoms with Crippen molar-refractivity contribution < 1.29 is 23.8 Å². The molecule has 1 aliphatic heterocycles. The molecule has 1 heterocycles. The molecular formula is C20H21NO5. The van der Waals surface area contributed by atoms with Crippen molar-refractivity contribution in [2.75, 3.05) is 19.8 Å². The van der Waals surface area contributed by atoms with E-state index in [1.54, 1.807) is 12.1 Å². The Kier molecular flexibility index (Phi) is 5.41. The Balaban J connectivity index is 1.43. The predicted octanol–water partition coefficient (Wildman–Crippen LogP) is 2.42. The van der Waals surface area contributed by atoms with Gasteiger partial charge in [0.25, 0.3) is 5.91 Å². The van der Waals surface area contributed by atoms with Crippen molar-refractivity contribution >= 4 is 11.9 Å². The Hall–Kier alpha value is -3.02. The molecular weight excluding hydrogens is 334 g/mol. The predicted molar refractivity (Wildman–Crippen MR) is 95.6 cm³/mol. The lowest BCUT2D eigenvalue weighted by molar-refractivity contribution is -0.124. The lowest BCUT2D eigenvalue weighted by atomic mass is 10.1. The van der Waals surface area contributed by atoms with Crippen molar-refractivity contribution in [1.29, 1.82) is 0 Å². The van der Waals surface area contributed by atoms with Gasteiger partial charge in [0.2, 0.25) is 0 Å². The number of para-hydroxylation sites is 2. The Labute approximate surface area is 152 Å². The number of carbonyl (C=O) groups is 2. The van der Waals surface area contributed by atoms with Crippen molar-refractivity contribution in [2.24, 2.45) is 0 Å². The third kappa shape index (κ3) is 4.33. The number of fused-ring (bicyclic) bond motifs is 1. The molecule has 1 atom stereocenters. The van der Waals surface area contributed by atoms with Crippen LogP contribution in [0.5, 0.6) is 11.5 Å². The van der Waals surface area contributed by atoms with Crippen LogP contribution in [0.15, 0.2) is 42.5 Å². The SMILES string of the molecule is Cc1ccc(C(=O)OCC(=O)NC[C@@H]2COc3ccccc3O2)cc1C. The fraction of sp³-hybridized carbons (Fsp3) is 0.300. The maximum Gasteiger partial charge on any atom is 0.338 e. The van der Waals surface area contributed by atoms with Crippen LogP contribution < -0.4 is 14.8 Å². The van der Waals surface area contributed by atoms with Gasteiger partial charge in [-0.05, 0) is 49.2 Å². The molecule has 6 heteroatoms. The van der Waals surface area contributed by atoms with E-state index in [4.69, 9.17) is 14.2 Å². The largest absolute Gasteiger partial charge is 0.486 e. The number of aryl methyl sites for hydroxylation is 2. The molecule has 0 bridgehead atoms. The highest BCUT2D eigenvalue weighted by atomic mass is 16.6. The van der Waals surface area contributed by atoms with Gasteiger partial charge in [0.15, 0.2) is 18.1 Å². The Bertz CT molecular complexity index is 818. The number of rotatable bonds is 5. The average molecular weight is 355 g/mol. The maximum atomic E-state index is 12.0. The minimum absolute atomic E-state index is 0.272. The first-order chi connectivity index (χ1) is 12.5. The van der Waals surface area contributed by atoms with Crippen LogP contribution in [0.25, 0.3) is 0 Å². The number of nitrogens with one attached hydrogen (secondary N) is 1. The molecule has 3 rings (SSSR count). The van der Waals surface area contributed by atoms with E-state index in [2.05, 4.69) is 5.32 Å². The standard InChI is InChI=1S/C20H21NO5/c1-13-7-8-15(9-14(13)2)20(23)25-12-19(22)21-10-16-11-24-17-5-3-4-6-18(17)26-16/h3-9,16H,10-12H2,1-2H3,(H,21,22)/t16-/m1/s1. The van der Waals surface area contributed by atoms with Gasteiger partial charge in [-0.1, -0.05) is 18.2 Å². The fourth-order valence-electron chi connectivity index (χ4n) is 2.53. The highest BCUT2D eigenvalue weighted by Gasteiger charge is 2.21. The van der Waals surface area contributed by atoms with E-state index < -0.39 is 5.97 Å². The number of amides is 1. The quantitative estimate of drug-likeness (QED) is 0.834. The molecule has 0 radical (unpaired) electrons. The van der Waals surface area contributed by atoms with Gasteiger partial charge in [-0.3, -0.25) is 4.79 Å². The number of hydrogen-bond donors (Lipinski definition) is 1. The number of ether oxygens (including phenoxy) is 3. The topological polar surface area (TPSA) is 73.9 Å². The third-order valence-electron chi connectivity index (χ3n) is 4.17. The highest BCUT2D eigenvalue weighted by Crippen LogP contribution is 2.30. The van der Waals surface area contributed by atoms with Crippen molar-refractivity contribution in [1.82, 2.24) is 5.32 Å². The number of carbonyl (C=O) groups excluding carboxylic acids is 2. The van der Waals surface area contributed by atoms with Gasteiger partial charge in [0.1, 0.15) is 12.7 Å². The number of hydrogen-bond acceptors (Lipinski definition) is 5. The molecule has 2 aromatic carbocycles. The van der Waals surface area contributed by atoms with E-state index >= 15 is 0 Å². The molecule has 1 aliphatic rings. The van der Waals surface area contributed by atoms with Gasteiger partial charge in [0.05, 0.1) is 12.1 Å². The third-order valence-corrected chi connectivity index (χ3v) is 4.17. The molecule has 136 valence electrons. The summed E-state index contributed by atoms with van der Waals surface area (Å²) < 4.78 is 16.4. The van der Waals surface area contributed by atoms with Gasteiger partial charge >= 0.3 is 5.97 Å². The van der Waals surface area contributed by atoms with Crippen LogP contribution in [-0.4, -0.2) is 37.7 Å². The first-order valence-electron chi connectivity index (χ1n) is 8.42. The van der Waals surface area contributed by atoms with E-state index in [0.29, 0.717) is 23.7 Å². The summed E-state index contributed by atoms with van der Waals surface area (Å²) in [5.41, 5.74) is 2.52. The second kappa shape index (κ2) is 7.91. The summed E-state index contributed by atoms with van der Waals surface area (Å²) >= 11 is 0. The second-order valence-electron chi connectivity index (χ2n) is 6.18. The molecule has 0 spiro atoms. The molecule has 2 aromatic rings. The monoisotopic (exact) mass is 355 g/mol. The van der Waals surface area contributed by atoms with Crippen LogP contribution in [0.3, 0.4) is 0 Å². The van der Waals surface area contributed by atoms with Gasteiger partial charge in [-0.2, -0.15) is 0 Å². The summed E-state index contributed by atoms with van der Waals surface area (Å²) in [6.07, 6.45) is -0.288. The van der Waals surface area contributed by atoms with E-state index in [1.165, 1.54) is 0 Å². The molecule has 0 saturated carbocycles. The van der Waals surface area contributed by atoms with Crippen LogP contribution in [0.4, 0.5) is 0 Å². The van der Waals surface area contributed by atoms with E-state index in [0.717, 1.165) is 11.1 Å². The van der Waals surface area contributed by atoms with Gasteiger partial charge in [-0.15, -0.1) is 0 Å². The Morgan fingerprint density at radius 2 is 1.88 bits per heavy atom. The Morgan fingerprint density at radius 3 is 2.65 bits per heavy atom. The zero-order valence-corrected chi connectivity index (χ0v) is 14.8. The van der Waals surface area contributed by atoms with Gasteiger partial charge in [0, 0.05) is 0 Å². The van der Waals surface area contributed by atoms with Crippen LogP contribution in [-0.2, 0) is 9.53 Å². The average Bonchev–Trinajstić information content (AvgIpc) is 2.66. The van der Waals surface area contributed by atoms with E-state index in [-0.39, 0.29) is 25.2 Å². The van der Waals surface area contributed by atoms with Crippen molar-refractivity contribution in [3.63, 3.8) is 0 Å². The molecule has 0 fully saturated rings. The summed E-state index contributed by atoms with van der Waals surface area (Å²) in [5.74, 6) is 0.440. The summed E-state index contributed by atoms with van der Waals surface area (Å²) in [4.78, 5) is 23.9. The van der Waals surface area contributed by atoms with Gasteiger partial charge < -0.3 is 19.5 Å². The lowest BCUT2D eigenvalue weighted by Crippen LogP contribution is -2.42. The second-order valence-corrected chi connectivity index (χ2v) is 6.18. The summed E-state index contributed by atoms with van der Waals surface area (Å²) in [6.45, 7) is 4.17. The van der Waals surface area contributed by atoms with Crippen LogP contribution in [0.1, 0.15) is 21.5 Å². The van der Waals surface area contributed by atoms with Gasteiger partial charge in [-0.25, -0.2) is 4.79 Å². The molecule has 1 amide bonds. The van der Waals surface area contributed by atoms with Crippen LogP contribution in [0, 0.1) is 13.8 Å². The summed E-state index contributed by atoms with van der Waals surface area (Å²) in [5, 5.41) is 2.69. The minimum atomic E-state index is -0.519. The maximum absolute atomic E-state index is 12.0. The molecule has 0 aliphatic carbocycles. The summed E-state index contributed by atoms with van der Waals surface area (Å²) in [6, 6.07) is 12.7. The smallest absolute Gasteiger partial charge is 0.338 e. The molecule has 0 saturated heterocycles. The lowest BCUT2D eigenvalue weighted by Gasteiger charge is -2.26. The van der Waals surface area contributed by atoms with Crippen molar-refractivity contribution in [3.05, 3.63) is 59.2 Å². The van der Waals surface area contributed by atoms with Crippen LogP contribution >= 0.6 is 0 Å². The number of esters is 1. The molecule has 0 aromatic heterocycles. The highest BCUT2D eigenvalue weighted by molar-refractivity contribution is 5.91. The zero-order valence-electron chi connectivity index (χ0n) is 14.8. The number of benzene rings is 2. The molecule has 6 nitrogen and oxygen atoms in total. The zero-order chi connectivity index (χ0) is 18.5. The normalized spacial score (nSPS) is 15.2. The van der Waals surface area contributed by atoms with Crippen LogP contribution in [0.2, 0.25) is 0 Å².